The van der Waals surface area contributed by atoms with E-state index in [2.05, 4.69) is 5.32 Å². The highest BCUT2D eigenvalue weighted by molar-refractivity contribution is 7.92. The predicted molar refractivity (Wildman–Crippen MR) is 158 cm³/mol. The van der Waals surface area contributed by atoms with Gasteiger partial charge in [0.05, 0.1) is 17.7 Å². The average Bonchev–Trinajstić information content (AvgIpc) is 2.88. The van der Waals surface area contributed by atoms with E-state index in [0.717, 1.165) is 4.31 Å². The molecule has 1 N–H and O–H groups in total. The van der Waals surface area contributed by atoms with Crippen LogP contribution in [0, 0.1) is 0 Å². The third-order valence-electron chi connectivity index (χ3n) is 5.93. The molecule has 0 bridgehead atoms. The molecule has 8 nitrogen and oxygen atoms in total. The highest BCUT2D eigenvalue weighted by atomic mass is 35.5. The Morgan fingerprint density at radius 1 is 0.950 bits per heavy atom. The van der Waals surface area contributed by atoms with Crippen LogP contribution in [-0.2, 0) is 26.2 Å². The zero-order valence-corrected chi connectivity index (χ0v) is 25.3. The molecule has 0 unspecified atom stereocenters. The molecule has 3 rings (SSSR count). The molecular weight excluding hydrogens is 573 g/mol. The Morgan fingerprint density at radius 3 is 2.10 bits per heavy atom. The molecule has 1 atom stereocenters. The first-order valence-electron chi connectivity index (χ1n) is 12.5. The number of nitrogens with zero attached hydrogens (tertiary/aromatic N) is 2. The van der Waals surface area contributed by atoms with E-state index >= 15 is 0 Å². The number of carbonyl (C=O) groups excluding carboxylic acids is 2. The van der Waals surface area contributed by atoms with Crippen LogP contribution in [0.2, 0.25) is 10.0 Å². The summed E-state index contributed by atoms with van der Waals surface area (Å²) in [6.45, 7) is 6.56. The topological polar surface area (TPSA) is 96.0 Å². The number of halogens is 2. The van der Waals surface area contributed by atoms with Crippen molar-refractivity contribution in [1.82, 2.24) is 10.2 Å². The van der Waals surface area contributed by atoms with Crippen molar-refractivity contribution in [2.24, 2.45) is 0 Å². The van der Waals surface area contributed by atoms with Crippen molar-refractivity contribution in [3.63, 3.8) is 0 Å². The number of carbonyl (C=O) groups is 2. The van der Waals surface area contributed by atoms with Gasteiger partial charge in [-0.15, -0.1) is 0 Å². The number of amides is 2. The maximum Gasteiger partial charge on any atom is 0.264 e. The van der Waals surface area contributed by atoms with Crippen molar-refractivity contribution in [2.75, 3.05) is 18.0 Å². The predicted octanol–water partition coefficient (Wildman–Crippen LogP) is 5.53. The first kappa shape index (κ1) is 31.3. The average molecular weight is 607 g/mol. The van der Waals surface area contributed by atoms with E-state index in [1.165, 1.54) is 42.3 Å². The van der Waals surface area contributed by atoms with Gasteiger partial charge in [-0.25, -0.2) is 8.42 Å². The number of hydrogen-bond donors (Lipinski definition) is 1. The summed E-state index contributed by atoms with van der Waals surface area (Å²) in [4.78, 5) is 28.4. The molecule has 0 aliphatic rings. The molecule has 0 spiro atoms. The van der Waals surface area contributed by atoms with Gasteiger partial charge in [0, 0.05) is 22.1 Å². The molecule has 0 heterocycles. The first-order chi connectivity index (χ1) is 18.7. The quantitative estimate of drug-likeness (QED) is 0.328. The summed E-state index contributed by atoms with van der Waals surface area (Å²) in [5.41, 5.74) is 0.343. The van der Waals surface area contributed by atoms with Crippen molar-refractivity contribution in [2.45, 2.75) is 50.7 Å². The van der Waals surface area contributed by atoms with Crippen LogP contribution < -0.4 is 14.4 Å². The number of methoxy groups -OCH3 is 1. The standard InChI is InChI=1S/C29H33Cl2N3O5S/c1-20(28(36)32-29(2,3)4)33(18-21-8-6-9-22(30)16-21)27(35)19-34(24-11-7-10-23(31)17-24)40(37,38)26-14-12-25(39-5)13-15-26/h6-17,20H,18-19H2,1-5H3,(H,32,36)/t20-/m0/s1. The molecule has 0 aromatic heterocycles. The fraction of sp³-hybridized carbons (Fsp3) is 0.310. The first-order valence-corrected chi connectivity index (χ1v) is 14.7. The molecule has 0 fully saturated rings. The van der Waals surface area contributed by atoms with Gasteiger partial charge in [0.25, 0.3) is 10.0 Å². The second kappa shape index (κ2) is 12.9. The third kappa shape index (κ3) is 8.13. The Morgan fingerprint density at radius 2 is 1.55 bits per heavy atom. The molecule has 214 valence electrons. The second-order valence-electron chi connectivity index (χ2n) is 10.2. The van der Waals surface area contributed by atoms with E-state index in [1.54, 1.807) is 49.4 Å². The normalized spacial score (nSPS) is 12.4. The van der Waals surface area contributed by atoms with Gasteiger partial charge in [0.2, 0.25) is 11.8 Å². The minimum atomic E-state index is -4.23. The van der Waals surface area contributed by atoms with Gasteiger partial charge in [-0.05, 0) is 87.9 Å². The van der Waals surface area contributed by atoms with Gasteiger partial charge in [-0.2, -0.15) is 0 Å². The van der Waals surface area contributed by atoms with E-state index < -0.39 is 34.1 Å². The van der Waals surface area contributed by atoms with Gasteiger partial charge in [0.1, 0.15) is 18.3 Å². The Bertz CT molecular complexity index is 1460. The van der Waals surface area contributed by atoms with Crippen LogP contribution in [0.1, 0.15) is 33.3 Å². The lowest BCUT2D eigenvalue weighted by molar-refractivity contribution is -0.140. The third-order valence-corrected chi connectivity index (χ3v) is 8.19. The van der Waals surface area contributed by atoms with Crippen LogP contribution in [-0.4, -0.2) is 50.4 Å². The summed E-state index contributed by atoms with van der Waals surface area (Å²) >= 11 is 12.4. The largest absolute Gasteiger partial charge is 0.497 e. The number of hydrogen-bond acceptors (Lipinski definition) is 5. The van der Waals surface area contributed by atoms with Crippen molar-refractivity contribution in [1.29, 1.82) is 0 Å². The maximum absolute atomic E-state index is 13.9. The van der Waals surface area contributed by atoms with Crippen molar-refractivity contribution in [3.8, 4) is 5.75 Å². The Labute approximate surface area is 245 Å². The second-order valence-corrected chi connectivity index (χ2v) is 13.0. The molecule has 0 radical (unpaired) electrons. The van der Waals surface area contributed by atoms with E-state index in [0.29, 0.717) is 21.4 Å². The molecule has 3 aromatic carbocycles. The summed E-state index contributed by atoms with van der Waals surface area (Å²) in [6.07, 6.45) is 0. The van der Waals surface area contributed by atoms with E-state index in [4.69, 9.17) is 27.9 Å². The van der Waals surface area contributed by atoms with Gasteiger partial charge in [-0.3, -0.25) is 13.9 Å². The van der Waals surface area contributed by atoms with E-state index in [-0.39, 0.29) is 23.0 Å². The molecule has 0 aliphatic heterocycles. The van der Waals surface area contributed by atoms with Gasteiger partial charge in [0.15, 0.2) is 0 Å². The zero-order valence-electron chi connectivity index (χ0n) is 23.0. The molecule has 40 heavy (non-hydrogen) atoms. The summed E-state index contributed by atoms with van der Waals surface area (Å²) < 4.78 is 33.9. The fourth-order valence-electron chi connectivity index (χ4n) is 3.92. The SMILES string of the molecule is COc1ccc(S(=O)(=O)N(CC(=O)N(Cc2cccc(Cl)c2)[C@@H](C)C(=O)NC(C)(C)C)c2cccc(Cl)c2)cc1. The Balaban J connectivity index is 2.04. The smallest absolute Gasteiger partial charge is 0.264 e. The molecule has 3 aromatic rings. The maximum atomic E-state index is 13.9. The monoisotopic (exact) mass is 605 g/mol. The van der Waals surface area contributed by atoms with Gasteiger partial charge in [-0.1, -0.05) is 41.4 Å². The van der Waals surface area contributed by atoms with Crippen LogP contribution in [0.15, 0.2) is 77.7 Å². The molecular formula is C29H33Cl2N3O5S. The number of nitrogens with one attached hydrogen (secondary N) is 1. The fourth-order valence-corrected chi connectivity index (χ4v) is 5.73. The van der Waals surface area contributed by atoms with E-state index in [1.807, 2.05) is 20.8 Å². The van der Waals surface area contributed by atoms with Crippen molar-refractivity contribution in [3.05, 3.63) is 88.4 Å². The lowest BCUT2D eigenvalue weighted by Gasteiger charge is -2.33. The van der Waals surface area contributed by atoms with Crippen LogP contribution in [0.4, 0.5) is 5.69 Å². The van der Waals surface area contributed by atoms with Gasteiger partial charge < -0.3 is 15.0 Å². The summed E-state index contributed by atoms with van der Waals surface area (Å²) in [5.74, 6) is -0.487. The number of rotatable bonds is 10. The highest BCUT2D eigenvalue weighted by Gasteiger charge is 2.33. The minimum absolute atomic E-state index is 0.0318. The van der Waals surface area contributed by atoms with E-state index in [9.17, 15) is 18.0 Å². The molecule has 0 saturated carbocycles. The lowest BCUT2D eigenvalue weighted by Crippen LogP contribution is -2.54. The van der Waals surface area contributed by atoms with Crippen LogP contribution in [0.25, 0.3) is 0 Å². The molecule has 0 aliphatic carbocycles. The molecule has 2 amide bonds. The van der Waals surface area contributed by atoms with Crippen molar-refractivity contribution >= 4 is 50.7 Å². The zero-order chi connectivity index (χ0) is 29.7. The Hall–Kier alpha value is -3.27. The van der Waals surface area contributed by atoms with Gasteiger partial charge >= 0.3 is 0 Å². The van der Waals surface area contributed by atoms with Crippen molar-refractivity contribution < 1.29 is 22.7 Å². The summed E-state index contributed by atoms with van der Waals surface area (Å²) in [5, 5.41) is 3.66. The number of benzene rings is 3. The Kier molecular flexibility index (Phi) is 10.1. The molecule has 0 saturated heterocycles. The molecule has 11 heteroatoms. The number of ether oxygens (including phenoxy) is 1. The van der Waals surface area contributed by atoms with Crippen LogP contribution in [0.5, 0.6) is 5.75 Å². The number of sulfonamides is 1. The van der Waals surface area contributed by atoms with Crippen LogP contribution in [0.3, 0.4) is 0 Å². The lowest BCUT2D eigenvalue weighted by atomic mass is 10.1. The van der Waals surface area contributed by atoms with Crippen LogP contribution >= 0.6 is 23.2 Å². The number of anilines is 1. The highest BCUT2D eigenvalue weighted by Crippen LogP contribution is 2.28. The minimum Gasteiger partial charge on any atom is -0.497 e. The summed E-state index contributed by atoms with van der Waals surface area (Å²) in [6, 6.07) is 18.1. The summed E-state index contributed by atoms with van der Waals surface area (Å²) in [7, 11) is -2.75.